The fourth-order valence-corrected chi connectivity index (χ4v) is 0.913. The van der Waals surface area contributed by atoms with Crippen LogP contribution < -0.4 is 0 Å². The van der Waals surface area contributed by atoms with Crippen molar-refractivity contribution >= 4 is 15.9 Å². The van der Waals surface area contributed by atoms with E-state index in [1.54, 1.807) is 0 Å². The van der Waals surface area contributed by atoms with Gasteiger partial charge in [0.25, 0.3) is 0 Å². The van der Waals surface area contributed by atoms with Gasteiger partial charge in [-0.1, -0.05) is 12.1 Å². The van der Waals surface area contributed by atoms with Crippen molar-refractivity contribution in [1.82, 2.24) is 0 Å². The van der Waals surface area contributed by atoms with Gasteiger partial charge in [0.2, 0.25) is 0 Å². The van der Waals surface area contributed by atoms with Gasteiger partial charge in [-0.2, -0.15) is 0 Å². The summed E-state index contributed by atoms with van der Waals surface area (Å²) < 4.78 is 24.6. The van der Waals surface area contributed by atoms with Crippen molar-refractivity contribution in [1.29, 1.82) is 0 Å². The van der Waals surface area contributed by atoms with Crippen LogP contribution in [0.4, 0.5) is 8.78 Å². The highest BCUT2D eigenvalue weighted by atomic mass is 79.9. The molecule has 0 amide bonds. The Balaban J connectivity index is 2.89. The predicted molar refractivity (Wildman–Crippen MR) is 39.2 cm³/mol. The molecule has 0 saturated heterocycles. The number of hydrogen-bond acceptors (Lipinski definition) is 0. The van der Waals surface area contributed by atoms with Gasteiger partial charge in [-0.05, 0) is 33.6 Å². The van der Waals surface area contributed by atoms with Crippen molar-refractivity contribution in [3.8, 4) is 0 Å². The third-order valence-electron chi connectivity index (χ3n) is 1.12. The molecule has 1 rings (SSSR count). The Kier molecular flexibility index (Phi) is 2.38. The minimum Gasteiger partial charge on any atom is -0.230 e. The molecule has 0 aliphatic carbocycles. The molecule has 0 fully saturated rings. The average molecular weight is 207 g/mol. The molecule has 0 N–H and O–H groups in total. The van der Waals surface area contributed by atoms with E-state index in [0.717, 1.165) is 0 Å². The largest absolute Gasteiger partial charge is 0.230 e. The van der Waals surface area contributed by atoms with Crippen molar-refractivity contribution in [2.45, 2.75) is 5.08 Å². The zero-order valence-corrected chi connectivity index (χ0v) is 6.61. The summed E-state index contributed by atoms with van der Waals surface area (Å²) in [6.45, 7) is 0. The molecule has 3 heteroatoms. The van der Waals surface area contributed by atoms with Crippen LogP contribution in [0.1, 0.15) is 10.6 Å². The summed E-state index contributed by atoms with van der Waals surface area (Å²) in [6, 6.07) is 5.25. The van der Waals surface area contributed by atoms with Crippen LogP contribution in [0.5, 0.6) is 0 Å². The zero-order chi connectivity index (χ0) is 7.56. The van der Waals surface area contributed by atoms with E-state index in [-0.39, 0.29) is 5.82 Å². The van der Waals surface area contributed by atoms with Gasteiger partial charge in [0.15, 0.2) is 5.08 Å². The summed E-state index contributed by atoms with van der Waals surface area (Å²) in [5, 5.41) is -1.20. The average Bonchev–Trinajstić information content (AvgIpc) is 1.88. The van der Waals surface area contributed by atoms with E-state index in [9.17, 15) is 8.78 Å². The highest BCUT2D eigenvalue weighted by Crippen LogP contribution is 2.23. The molecule has 0 nitrogen and oxygen atoms in total. The molecule has 0 aromatic heterocycles. The van der Waals surface area contributed by atoms with Crippen LogP contribution in [-0.2, 0) is 0 Å². The highest BCUT2D eigenvalue weighted by Gasteiger charge is 2.02. The van der Waals surface area contributed by atoms with E-state index in [4.69, 9.17) is 0 Å². The summed E-state index contributed by atoms with van der Waals surface area (Å²) in [7, 11) is 0. The van der Waals surface area contributed by atoms with Gasteiger partial charge in [-0.3, -0.25) is 0 Å². The molecule has 10 heavy (non-hydrogen) atoms. The van der Waals surface area contributed by atoms with Crippen molar-refractivity contribution in [3.63, 3.8) is 0 Å². The van der Waals surface area contributed by atoms with Crippen LogP contribution in [0.2, 0.25) is 0 Å². The molecule has 0 radical (unpaired) electrons. The second kappa shape index (κ2) is 3.10. The second-order valence-corrected chi connectivity index (χ2v) is 2.66. The van der Waals surface area contributed by atoms with E-state index in [0.29, 0.717) is 5.56 Å². The maximum atomic E-state index is 12.4. The Labute approximate surface area is 66.0 Å². The third kappa shape index (κ3) is 1.77. The first-order chi connectivity index (χ1) is 4.70. The van der Waals surface area contributed by atoms with Crippen molar-refractivity contribution in [3.05, 3.63) is 35.6 Å². The van der Waals surface area contributed by atoms with E-state index in [1.165, 1.54) is 24.3 Å². The maximum Gasteiger partial charge on any atom is 0.180 e. The first-order valence-corrected chi connectivity index (χ1v) is 3.65. The standard InChI is InChI=1S/C7H5BrF2/c8-7(10)5-1-3-6(9)4-2-5/h1-4,7H. The Morgan fingerprint density at radius 3 is 2.10 bits per heavy atom. The van der Waals surface area contributed by atoms with Gasteiger partial charge in [0, 0.05) is 0 Å². The third-order valence-corrected chi connectivity index (χ3v) is 1.65. The van der Waals surface area contributed by atoms with Gasteiger partial charge >= 0.3 is 0 Å². The molecule has 0 spiro atoms. The minimum absolute atomic E-state index is 0.350. The summed E-state index contributed by atoms with van der Waals surface area (Å²) in [6.07, 6.45) is 0. The summed E-state index contributed by atoms with van der Waals surface area (Å²) in [4.78, 5) is 0. The molecule has 1 aromatic carbocycles. The monoisotopic (exact) mass is 206 g/mol. The van der Waals surface area contributed by atoms with E-state index in [1.807, 2.05) is 0 Å². The lowest BCUT2D eigenvalue weighted by molar-refractivity contribution is 0.478. The first kappa shape index (κ1) is 7.66. The Morgan fingerprint density at radius 1 is 1.20 bits per heavy atom. The lowest BCUT2D eigenvalue weighted by Gasteiger charge is -1.97. The molecule has 1 unspecified atom stereocenters. The zero-order valence-electron chi connectivity index (χ0n) is 5.02. The molecular weight excluding hydrogens is 202 g/mol. The van der Waals surface area contributed by atoms with Gasteiger partial charge in [0.05, 0.1) is 0 Å². The molecule has 0 aliphatic rings. The van der Waals surface area contributed by atoms with Crippen LogP contribution >= 0.6 is 15.9 Å². The van der Waals surface area contributed by atoms with E-state index in [2.05, 4.69) is 15.9 Å². The number of rotatable bonds is 1. The van der Waals surface area contributed by atoms with E-state index < -0.39 is 5.08 Å². The fourth-order valence-electron chi connectivity index (χ4n) is 0.608. The molecular formula is C7H5BrF2. The van der Waals surface area contributed by atoms with Crippen LogP contribution in [-0.4, -0.2) is 0 Å². The van der Waals surface area contributed by atoms with Crippen molar-refractivity contribution in [2.24, 2.45) is 0 Å². The topological polar surface area (TPSA) is 0 Å². The molecule has 0 bridgehead atoms. The molecule has 1 aromatic rings. The number of hydrogen-bond donors (Lipinski definition) is 0. The quantitative estimate of drug-likeness (QED) is 0.620. The van der Waals surface area contributed by atoms with Gasteiger partial charge in [-0.25, -0.2) is 8.78 Å². The first-order valence-electron chi connectivity index (χ1n) is 2.74. The smallest absolute Gasteiger partial charge is 0.180 e. The fraction of sp³-hybridized carbons (Fsp3) is 0.143. The molecule has 1 atom stereocenters. The van der Waals surface area contributed by atoms with Crippen LogP contribution in [0.15, 0.2) is 24.3 Å². The predicted octanol–water partition coefficient (Wildman–Crippen LogP) is 3.19. The second-order valence-electron chi connectivity index (χ2n) is 1.85. The Bertz CT molecular complexity index is 205. The number of halogens is 3. The molecule has 0 aliphatic heterocycles. The van der Waals surface area contributed by atoms with Crippen LogP contribution in [0.25, 0.3) is 0 Å². The number of benzene rings is 1. The Hall–Kier alpha value is -0.440. The van der Waals surface area contributed by atoms with Crippen molar-refractivity contribution < 1.29 is 8.78 Å². The summed E-state index contributed by atoms with van der Waals surface area (Å²) >= 11 is 2.72. The minimum atomic E-state index is -1.20. The SMILES string of the molecule is Fc1ccc(C(F)Br)cc1. The molecule has 54 valence electrons. The summed E-state index contributed by atoms with van der Waals surface area (Å²) in [5.41, 5.74) is 0.432. The maximum absolute atomic E-state index is 12.4. The lowest BCUT2D eigenvalue weighted by atomic mass is 10.2. The van der Waals surface area contributed by atoms with Crippen LogP contribution in [0.3, 0.4) is 0 Å². The van der Waals surface area contributed by atoms with Crippen molar-refractivity contribution in [2.75, 3.05) is 0 Å². The summed E-state index contributed by atoms with van der Waals surface area (Å²) in [5.74, 6) is -0.350. The van der Waals surface area contributed by atoms with E-state index >= 15 is 0 Å². The normalized spacial score (nSPS) is 13.1. The molecule has 0 saturated carbocycles. The molecule has 0 heterocycles. The van der Waals surface area contributed by atoms with Gasteiger partial charge < -0.3 is 0 Å². The van der Waals surface area contributed by atoms with Gasteiger partial charge in [0.1, 0.15) is 5.82 Å². The highest BCUT2D eigenvalue weighted by molar-refractivity contribution is 9.09. The lowest BCUT2D eigenvalue weighted by Crippen LogP contribution is -1.81. The Morgan fingerprint density at radius 2 is 1.70 bits per heavy atom. The van der Waals surface area contributed by atoms with Gasteiger partial charge in [-0.15, -0.1) is 0 Å². The number of alkyl halides is 2. The van der Waals surface area contributed by atoms with Crippen LogP contribution in [0, 0.1) is 5.82 Å².